The van der Waals surface area contributed by atoms with Crippen molar-refractivity contribution >= 4 is 11.6 Å². The van der Waals surface area contributed by atoms with Gasteiger partial charge in [-0.1, -0.05) is 38.1 Å². The van der Waals surface area contributed by atoms with E-state index in [9.17, 15) is 9.59 Å². The first kappa shape index (κ1) is 9.65. The van der Waals surface area contributed by atoms with Gasteiger partial charge in [0, 0.05) is 11.1 Å². The van der Waals surface area contributed by atoms with Crippen LogP contribution in [-0.4, -0.2) is 11.6 Å². The summed E-state index contributed by atoms with van der Waals surface area (Å²) in [6, 6.07) is 6.94. The molecule has 0 spiro atoms. The van der Waals surface area contributed by atoms with Crippen molar-refractivity contribution in [2.24, 2.45) is 0 Å². The Kier molecular flexibility index (Phi) is 2.96. The van der Waals surface area contributed by atoms with Crippen LogP contribution < -0.4 is 0 Å². The Hall–Kier alpha value is -1.44. The van der Waals surface area contributed by atoms with E-state index < -0.39 is 0 Å². The van der Waals surface area contributed by atoms with Crippen LogP contribution in [0.1, 0.15) is 41.0 Å². The number of ketones is 2. The molecule has 0 fully saturated rings. The highest BCUT2D eigenvalue weighted by Crippen LogP contribution is 2.20. The number of hydrogen-bond donors (Lipinski definition) is 0. The molecule has 2 rings (SSSR count). The van der Waals surface area contributed by atoms with Gasteiger partial charge in [0.25, 0.3) is 0 Å². The van der Waals surface area contributed by atoms with Crippen LogP contribution >= 0.6 is 0 Å². The Labute approximate surface area is 77.6 Å². The third-order valence-electron chi connectivity index (χ3n) is 1.85. The van der Waals surface area contributed by atoms with Crippen LogP contribution in [0.25, 0.3) is 0 Å². The largest absolute Gasteiger partial charge is 0.294 e. The molecule has 68 valence electrons. The zero-order valence-electron chi connectivity index (χ0n) is 7.83. The van der Waals surface area contributed by atoms with Gasteiger partial charge in [-0.05, 0) is 0 Å². The molecule has 0 atom stereocenters. The number of rotatable bonds is 0. The molecule has 0 amide bonds. The lowest BCUT2D eigenvalue weighted by Gasteiger charge is -1.90. The first-order valence-electron chi connectivity index (χ1n) is 4.44. The standard InChI is InChI=1S/C9H6O2.C2H6/c10-8-5-9(11)7-4-2-1-3-6(7)8;1-2/h1-4H,5H2;1-2H3. The number of carbonyl (C=O) groups is 2. The Balaban J connectivity index is 0.000000396. The van der Waals surface area contributed by atoms with E-state index in [1.807, 2.05) is 13.8 Å². The number of carbonyl (C=O) groups excluding carboxylic acids is 2. The summed E-state index contributed by atoms with van der Waals surface area (Å²) in [5, 5.41) is 0. The fourth-order valence-electron chi connectivity index (χ4n) is 1.31. The number of hydrogen-bond acceptors (Lipinski definition) is 2. The number of fused-ring (bicyclic) bond motifs is 1. The normalized spacial score (nSPS) is 13.4. The van der Waals surface area contributed by atoms with Crippen molar-refractivity contribution in [2.45, 2.75) is 20.3 Å². The zero-order chi connectivity index (χ0) is 9.84. The monoisotopic (exact) mass is 176 g/mol. The van der Waals surface area contributed by atoms with Crippen molar-refractivity contribution in [3.63, 3.8) is 0 Å². The lowest BCUT2D eigenvalue weighted by molar-refractivity contribution is 0.0923. The highest BCUT2D eigenvalue weighted by Gasteiger charge is 2.25. The molecule has 0 bridgehead atoms. The van der Waals surface area contributed by atoms with Gasteiger partial charge in [-0.15, -0.1) is 0 Å². The molecule has 0 saturated heterocycles. The van der Waals surface area contributed by atoms with Crippen molar-refractivity contribution < 1.29 is 9.59 Å². The smallest absolute Gasteiger partial charge is 0.171 e. The van der Waals surface area contributed by atoms with Crippen molar-refractivity contribution in [2.75, 3.05) is 0 Å². The lowest BCUT2D eigenvalue weighted by Crippen LogP contribution is -1.90. The SMILES string of the molecule is CC.O=C1CC(=O)c2ccccc21. The van der Waals surface area contributed by atoms with Crippen molar-refractivity contribution in [1.82, 2.24) is 0 Å². The Bertz CT molecular complexity index is 307. The second-order valence-corrected chi connectivity index (χ2v) is 2.57. The minimum Gasteiger partial charge on any atom is -0.294 e. The van der Waals surface area contributed by atoms with Crippen LogP contribution in [0.15, 0.2) is 24.3 Å². The summed E-state index contributed by atoms with van der Waals surface area (Å²) in [5.41, 5.74) is 1.16. The maximum absolute atomic E-state index is 11.1. The maximum Gasteiger partial charge on any atom is 0.171 e. The molecular weight excluding hydrogens is 164 g/mol. The summed E-state index contributed by atoms with van der Waals surface area (Å²) in [6.07, 6.45) is 0.0549. The van der Waals surface area contributed by atoms with E-state index in [1.54, 1.807) is 24.3 Å². The molecule has 0 unspecified atom stereocenters. The summed E-state index contributed by atoms with van der Waals surface area (Å²) >= 11 is 0. The van der Waals surface area contributed by atoms with Crippen molar-refractivity contribution in [1.29, 1.82) is 0 Å². The first-order valence-corrected chi connectivity index (χ1v) is 4.44. The molecule has 0 aromatic heterocycles. The molecule has 2 heteroatoms. The van der Waals surface area contributed by atoms with E-state index >= 15 is 0 Å². The summed E-state index contributed by atoms with van der Waals surface area (Å²) in [5.74, 6) is -0.101. The molecule has 1 aromatic rings. The van der Waals surface area contributed by atoms with Crippen LogP contribution in [0.4, 0.5) is 0 Å². The second kappa shape index (κ2) is 3.99. The molecule has 1 aliphatic carbocycles. The van der Waals surface area contributed by atoms with Gasteiger partial charge in [0.2, 0.25) is 0 Å². The Morgan fingerprint density at radius 2 is 1.31 bits per heavy atom. The number of Topliss-reactive ketones (excluding diaryl/α,β-unsaturated/α-hetero) is 2. The van der Waals surface area contributed by atoms with Gasteiger partial charge in [0.05, 0.1) is 6.42 Å². The van der Waals surface area contributed by atoms with Crippen LogP contribution in [-0.2, 0) is 0 Å². The van der Waals surface area contributed by atoms with Gasteiger partial charge in [0.1, 0.15) is 0 Å². The summed E-state index contributed by atoms with van der Waals surface area (Å²) in [7, 11) is 0. The van der Waals surface area contributed by atoms with Gasteiger partial charge in [0.15, 0.2) is 11.6 Å². The van der Waals surface area contributed by atoms with E-state index in [0.717, 1.165) is 0 Å². The molecule has 2 nitrogen and oxygen atoms in total. The molecule has 13 heavy (non-hydrogen) atoms. The topological polar surface area (TPSA) is 34.1 Å². The number of benzene rings is 1. The van der Waals surface area contributed by atoms with Gasteiger partial charge < -0.3 is 0 Å². The van der Waals surface area contributed by atoms with E-state index in [-0.39, 0.29) is 18.0 Å². The third-order valence-corrected chi connectivity index (χ3v) is 1.85. The second-order valence-electron chi connectivity index (χ2n) is 2.57. The summed E-state index contributed by atoms with van der Waals surface area (Å²) in [4.78, 5) is 22.1. The molecule has 0 saturated carbocycles. The Morgan fingerprint density at radius 3 is 1.69 bits per heavy atom. The fraction of sp³-hybridized carbons (Fsp3) is 0.273. The molecule has 0 aliphatic heterocycles. The van der Waals surface area contributed by atoms with Crippen LogP contribution in [0, 0.1) is 0 Å². The molecule has 0 radical (unpaired) electrons. The summed E-state index contributed by atoms with van der Waals surface area (Å²) < 4.78 is 0. The highest BCUT2D eigenvalue weighted by atomic mass is 16.2. The molecule has 0 N–H and O–H groups in total. The van der Waals surface area contributed by atoms with Gasteiger partial charge >= 0.3 is 0 Å². The minimum atomic E-state index is -0.0504. The van der Waals surface area contributed by atoms with Crippen LogP contribution in [0.3, 0.4) is 0 Å². The van der Waals surface area contributed by atoms with Crippen molar-refractivity contribution in [3.05, 3.63) is 35.4 Å². The molecule has 1 aliphatic rings. The van der Waals surface area contributed by atoms with Crippen LogP contribution in [0.2, 0.25) is 0 Å². The van der Waals surface area contributed by atoms with Crippen LogP contribution in [0.5, 0.6) is 0 Å². The quantitative estimate of drug-likeness (QED) is 0.569. The fourth-order valence-corrected chi connectivity index (χ4v) is 1.31. The zero-order valence-corrected chi connectivity index (χ0v) is 7.83. The van der Waals surface area contributed by atoms with E-state index in [2.05, 4.69) is 0 Å². The van der Waals surface area contributed by atoms with Gasteiger partial charge in [-0.2, -0.15) is 0 Å². The predicted molar refractivity (Wildman–Crippen MR) is 51.1 cm³/mol. The molecule has 0 heterocycles. The Morgan fingerprint density at radius 1 is 0.923 bits per heavy atom. The predicted octanol–water partition coefficient (Wildman–Crippen LogP) is 2.48. The van der Waals surface area contributed by atoms with Crippen molar-refractivity contribution in [3.8, 4) is 0 Å². The lowest BCUT2D eigenvalue weighted by atomic mass is 10.1. The molecule has 1 aromatic carbocycles. The average Bonchev–Trinajstić information content (AvgIpc) is 2.47. The van der Waals surface area contributed by atoms with Gasteiger partial charge in [-0.3, -0.25) is 9.59 Å². The third kappa shape index (κ3) is 1.66. The van der Waals surface area contributed by atoms with E-state index in [4.69, 9.17) is 0 Å². The minimum absolute atomic E-state index is 0.0504. The van der Waals surface area contributed by atoms with E-state index in [0.29, 0.717) is 11.1 Å². The van der Waals surface area contributed by atoms with Gasteiger partial charge in [-0.25, -0.2) is 0 Å². The molecular formula is C11H12O2. The highest BCUT2D eigenvalue weighted by molar-refractivity contribution is 6.24. The first-order chi connectivity index (χ1) is 6.29. The summed E-state index contributed by atoms with van der Waals surface area (Å²) in [6.45, 7) is 4.00. The van der Waals surface area contributed by atoms with E-state index in [1.165, 1.54) is 0 Å². The average molecular weight is 176 g/mol. The maximum atomic E-state index is 11.1.